The third-order valence-electron chi connectivity index (χ3n) is 1.42. The molecule has 1 aliphatic rings. The maximum atomic E-state index is 8.70. The summed E-state index contributed by atoms with van der Waals surface area (Å²) in [6.45, 7) is 2.34. The highest BCUT2D eigenvalue weighted by Crippen LogP contribution is 2.36. The maximum Gasteiger partial charge on any atom is 0.692 e. The molecule has 10 heteroatoms. The fourth-order valence-corrected chi connectivity index (χ4v) is 3.35. The van der Waals surface area contributed by atoms with Crippen LogP contribution in [0.2, 0.25) is 0 Å². The topological polar surface area (TPSA) is 115 Å². The highest BCUT2D eigenvalue weighted by atomic mass is 32.2. The number of thioether (sulfide) groups is 2. The van der Waals surface area contributed by atoms with E-state index in [4.69, 9.17) is 28.7 Å². The van der Waals surface area contributed by atoms with Crippen molar-refractivity contribution < 1.29 is 28.7 Å². The van der Waals surface area contributed by atoms with Crippen LogP contribution in [-0.4, -0.2) is 36.2 Å². The molecule has 6 nitrogen and oxygen atoms in total. The molecule has 1 fully saturated rings. The van der Waals surface area contributed by atoms with Crippen LogP contribution < -0.4 is 0 Å². The van der Waals surface area contributed by atoms with Gasteiger partial charge in [0.05, 0.1) is 4.58 Å². The summed E-state index contributed by atoms with van der Waals surface area (Å²) in [6.07, 6.45) is 3.63. The first-order valence-corrected chi connectivity index (χ1v) is 8.80. The van der Waals surface area contributed by atoms with E-state index in [9.17, 15) is 0 Å². The molecule has 1 saturated heterocycles. The highest BCUT2D eigenvalue weighted by Gasteiger charge is 2.19. The average molecular weight is 310 g/mol. The van der Waals surface area contributed by atoms with E-state index in [0.29, 0.717) is 0 Å². The molecule has 0 aromatic rings. The Morgan fingerprint density at radius 3 is 1.69 bits per heavy atom. The van der Waals surface area contributed by atoms with Crippen molar-refractivity contribution in [3.05, 3.63) is 0 Å². The van der Waals surface area contributed by atoms with Gasteiger partial charge in [0.15, 0.2) is 0 Å². The van der Waals surface area contributed by atoms with E-state index in [0.717, 1.165) is 10.5 Å². The summed E-state index contributed by atoms with van der Waals surface area (Å²) in [5.41, 5.74) is 0. The van der Waals surface area contributed by atoms with Crippen molar-refractivity contribution in [2.75, 3.05) is 12.0 Å². The van der Waals surface area contributed by atoms with Crippen LogP contribution in [0.4, 0.5) is 0 Å². The average Bonchev–Trinajstić information content (AvgIpc) is 2.49. The SMILES string of the molecule is CSC1CC(C)CS1.O=[P+](O)O.O=[P+](O)O. The summed E-state index contributed by atoms with van der Waals surface area (Å²) < 4.78 is 18.3. The number of hydrogen-bond donors (Lipinski definition) is 4. The number of rotatable bonds is 1. The lowest BCUT2D eigenvalue weighted by atomic mass is 10.2. The van der Waals surface area contributed by atoms with Gasteiger partial charge < -0.3 is 0 Å². The molecular weight excluding hydrogens is 294 g/mol. The molecule has 0 aliphatic carbocycles. The Morgan fingerprint density at radius 2 is 1.56 bits per heavy atom. The molecule has 0 spiro atoms. The lowest BCUT2D eigenvalue weighted by Gasteiger charge is -2.00. The summed E-state index contributed by atoms with van der Waals surface area (Å²) in [4.78, 5) is 28.5. The third-order valence-corrected chi connectivity index (χ3v) is 4.45. The Morgan fingerprint density at radius 1 is 1.19 bits per heavy atom. The largest absolute Gasteiger partial charge is 0.692 e. The molecule has 2 unspecified atom stereocenters. The van der Waals surface area contributed by atoms with Gasteiger partial charge in [-0.3, -0.25) is 0 Å². The van der Waals surface area contributed by atoms with Crippen molar-refractivity contribution in [2.24, 2.45) is 5.92 Å². The highest BCUT2D eigenvalue weighted by molar-refractivity contribution is 8.16. The first-order chi connectivity index (χ1) is 7.29. The predicted molar refractivity (Wildman–Crippen MR) is 67.6 cm³/mol. The van der Waals surface area contributed by atoms with Crippen molar-refractivity contribution in [1.82, 2.24) is 0 Å². The normalized spacial score (nSPS) is 22.4. The third kappa shape index (κ3) is 20.2. The van der Waals surface area contributed by atoms with Gasteiger partial charge in [-0.25, -0.2) is 0 Å². The van der Waals surface area contributed by atoms with E-state index in [1.807, 2.05) is 11.8 Å². The molecule has 0 aromatic heterocycles. The van der Waals surface area contributed by atoms with Crippen molar-refractivity contribution in [3.8, 4) is 0 Å². The Hall–Kier alpha value is 0.740. The van der Waals surface area contributed by atoms with Gasteiger partial charge in [-0.05, 0) is 24.3 Å². The minimum absolute atomic E-state index is 0.907. The molecule has 1 rings (SSSR count). The van der Waals surface area contributed by atoms with Crippen molar-refractivity contribution in [2.45, 2.75) is 17.9 Å². The molecule has 0 aromatic carbocycles. The molecule has 1 heterocycles. The minimum atomic E-state index is -2.87. The lowest BCUT2D eigenvalue weighted by molar-refractivity contribution is 0.403. The van der Waals surface area contributed by atoms with Gasteiger partial charge >= 0.3 is 16.5 Å². The Balaban J connectivity index is 0. The lowest BCUT2D eigenvalue weighted by Crippen LogP contribution is -1.91. The van der Waals surface area contributed by atoms with Crippen molar-refractivity contribution >= 4 is 40.0 Å². The predicted octanol–water partition coefficient (Wildman–Crippen LogP) is 1.71. The fourth-order valence-electron chi connectivity index (χ4n) is 0.900. The summed E-state index contributed by atoms with van der Waals surface area (Å²) in [5.74, 6) is 2.35. The second-order valence-corrected chi connectivity index (χ2v) is 6.43. The van der Waals surface area contributed by atoms with Gasteiger partial charge in [0.25, 0.3) is 0 Å². The smallest absolute Gasteiger partial charge is 0.151 e. The first kappa shape index (κ1) is 19.1. The Labute approximate surface area is 105 Å². The van der Waals surface area contributed by atoms with E-state index >= 15 is 0 Å². The molecule has 4 N–H and O–H groups in total. The standard InChI is InChI=1S/C6H12S2.2HO3P/c1-5-3-6(7-2)8-4-5;2*1-4(2)3/h5-6H,3-4H2,1-2H3;2*(H-,1,2,3)/p+2. The van der Waals surface area contributed by atoms with E-state index in [1.165, 1.54) is 12.2 Å². The zero-order valence-corrected chi connectivity index (χ0v) is 12.3. The van der Waals surface area contributed by atoms with Crippen molar-refractivity contribution in [3.63, 3.8) is 0 Å². The second kappa shape index (κ2) is 12.2. The molecule has 1 aliphatic heterocycles. The quantitative estimate of drug-likeness (QED) is 0.541. The van der Waals surface area contributed by atoms with Crippen LogP contribution >= 0.6 is 40.0 Å². The molecule has 16 heavy (non-hydrogen) atoms. The van der Waals surface area contributed by atoms with Crippen LogP contribution in [0.3, 0.4) is 0 Å². The summed E-state index contributed by atoms with van der Waals surface area (Å²) in [6, 6.07) is 0. The maximum absolute atomic E-state index is 8.70. The van der Waals surface area contributed by atoms with Gasteiger partial charge in [-0.1, -0.05) is 6.92 Å². The molecule has 0 amide bonds. The van der Waals surface area contributed by atoms with E-state index < -0.39 is 16.5 Å². The molecule has 0 bridgehead atoms. The van der Waals surface area contributed by atoms with Gasteiger partial charge in [0.2, 0.25) is 0 Å². The Kier molecular flexibility index (Phi) is 14.6. The van der Waals surface area contributed by atoms with Crippen LogP contribution in [-0.2, 0) is 9.13 Å². The van der Waals surface area contributed by atoms with E-state index in [2.05, 4.69) is 24.9 Å². The second-order valence-electron chi connectivity index (χ2n) is 2.84. The van der Waals surface area contributed by atoms with Gasteiger partial charge in [0.1, 0.15) is 0 Å². The van der Waals surface area contributed by atoms with Gasteiger partial charge in [-0.2, -0.15) is 11.8 Å². The van der Waals surface area contributed by atoms with Crippen LogP contribution in [0.1, 0.15) is 13.3 Å². The van der Waals surface area contributed by atoms with Crippen LogP contribution in [0.5, 0.6) is 0 Å². The zero-order chi connectivity index (χ0) is 13.1. The van der Waals surface area contributed by atoms with E-state index in [-0.39, 0.29) is 0 Å². The molecule has 96 valence electrons. The molecule has 0 saturated carbocycles. The summed E-state index contributed by atoms with van der Waals surface area (Å²) >= 11 is 4.11. The van der Waals surface area contributed by atoms with E-state index in [1.54, 1.807) is 0 Å². The minimum Gasteiger partial charge on any atom is -0.151 e. The number of hydrogen-bond acceptors (Lipinski definition) is 4. The van der Waals surface area contributed by atoms with Gasteiger partial charge in [-0.15, -0.1) is 31.3 Å². The monoisotopic (exact) mass is 310 g/mol. The Bertz CT molecular complexity index is 197. The molecular formula is C6H16O6P2S2+2. The van der Waals surface area contributed by atoms with Crippen LogP contribution in [0.25, 0.3) is 0 Å². The molecule has 0 radical (unpaired) electrons. The van der Waals surface area contributed by atoms with Crippen molar-refractivity contribution in [1.29, 1.82) is 0 Å². The van der Waals surface area contributed by atoms with Crippen LogP contribution in [0.15, 0.2) is 0 Å². The van der Waals surface area contributed by atoms with Gasteiger partial charge in [0, 0.05) is 9.13 Å². The zero-order valence-electron chi connectivity index (χ0n) is 8.89. The summed E-state index contributed by atoms with van der Waals surface area (Å²) in [5, 5.41) is 0. The molecule has 2 atom stereocenters. The fraction of sp³-hybridized carbons (Fsp3) is 1.00. The van der Waals surface area contributed by atoms with Crippen LogP contribution in [0, 0.1) is 5.92 Å². The summed E-state index contributed by atoms with van der Waals surface area (Å²) in [7, 11) is -5.74. The first-order valence-electron chi connectivity index (χ1n) is 4.14.